The van der Waals surface area contributed by atoms with Gasteiger partial charge in [0.25, 0.3) is 0 Å². The summed E-state index contributed by atoms with van der Waals surface area (Å²) >= 11 is 0. The third kappa shape index (κ3) is 4.52. The van der Waals surface area contributed by atoms with E-state index in [1.807, 2.05) is 20.9 Å². The summed E-state index contributed by atoms with van der Waals surface area (Å²) in [6.07, 6.45) is 0.453. The second-order valence-electron chi connectivity index (χ2n) is 5.26. The summed E-state index contributed by atoms with van der Waals surface area (Å²) < 4.78 is 0. The average molecular weight is 257 g/mol. The Labute approximate surface area is 108 Å². The van der Waals surface area contributed by atoms with Gasteiger partial charge in [0.2, 0.25) is 0 Å². The number of carbonyl (C=O) groups excluding carboxylic acids is 1. The van der Waals surface area contributed by atoms with Crippen molar-refractivity contribution in [2.75, 3.05) is 33.2 Å². The first-order valence-electron chi connectivity index (χ1n) is 6.37. The number of amides is 2. The second kappa shape index (κ2) is 6.58. The number of hydrogen-bond donors (Lipinski definition) is 2. The average Bonchev–Trinajstić information content (AvgIpc) is 2.28. The molecule has 0 saturated carbocycles. The van der Waals surface area contributed by atoms with Gasteiger partial charge in [0, 0.05) is 26.2 Å². The number of nitrogens with one attached hydrogen (secondary N) is 1. The molecule has 1 fully saturated rings. The molecule has 2 amide bonds. The van der Waals surface area contributed by atoms with Crippen LogP contribution in [0.25, 0.3) is 0 Å². The molecule has 2 N–H and O–H groups in total. The number of carboxylic acids is 1. The molecule has 1 aliphatic rings. The lowest BCUT2D eigenvalue weighted by atomic mass is 10.0. The Morgan fingerprint density at radius 3 is 2.22 bits per heavy atom. The highest BCUT2D eigenvalue weighted by Crippen LogP contribution is 2.06. The summed E-state index contributed by atoms with van der Waals surface area (Å²) in [4.78, 5) is 26.8. The number of rotatable bonds is 4. The Bertz CT molecular complexity index is 299. The third-order valence-electron chi connectivity index (χ3n) is 3.09. The Morgan fingerprint density at radius 1 is 1.22 bits per heavy atom. The van der Waals surface area contributed by atoms with Gasteiger partial charge in [-0.25, -0.2) is 9.59 Å². The molecule has 0 unspecified atom stereocenters. The van der Waals surface area contributed by atoms with Crippen LogP contribution in [0, 0.1) is 5.92 Å². The first-order valence-corrected chi connectivity index (χ1v) is 6.37. The summed E-state index contributed by atoms with van der Waals surface area (Å²) in [6, 6.07) is -1.06. The largest absolute Gasteiger partial charge is 0.480 e. The van der Waals surface area contributed by atoms with Crippen molar-refractivity contribution in [2.24, 2.45) is 5.92 Å². The number of piperazine rings is 1. The minimum absolute atomic E-state index is 0.235. The van der Waals surface area contributed by atoms with Gasteiger partial charge < -0.3 is 20.2 Å². The van der Waals surface area contributed by atoms with E-state index in [1.54, 1.807) is 4.90 Å². The van der Waals surface area contributed by atoms with Gasteiger partial charge in [-0.05, 0) is 19.4 Å². The zero-order valence-electron chi connectivity index (χ0n) is 11.3. The number of urea groups is 1. The van der Waals surface area contributed by atoms with Crippen LogP contribution in [0.2, 0.25) is 0 Å². The van der Waals surface area contributed by atoms with Crippen LogP contribution >= 0.6 is 0 Å². The fourth-order valence-corrected chi connectivity index (χ4v) is 1.94. The van der Waals surface area contributed by atoms with Crippen LogP contribution < -0.4 is 5.32 Å². The number of hydrogen-bond acceptors (Lipinski definition) is 3. The van der Waals surface area contributed by atoms with Gasteiger partial charge in [-0.2, -0.15) is 0 Å². The van der Waals surface area contributed by atoms with Crippen molar-refractivity contribution in [2.45, 2.75) is 26.3 Å². The quantitative estimate of drug-likeness (QED) is 0.766. The van der Waals surface area contributed by atoms with E-state index in [2.05, 4.69) is 10.2 Å². The molecule has 0 aromatic heterocycles. The Hall–Kier alpha value is -1.30. The molecular formula is C12H23N3O3. The smallest absolute Gasteiger partial charge is 0.326 e. The number of carboxylic acid groups (broad SMARTS) is 1. The van der Waals surface area contributed by atoms with Crippen LogP contribution in [-0.4, -0.2) is 66.2 Å². The summed E-state index contributed by atoms with van der Waals surface area (Å²) in [5.41, 5.74) is 0. The lowest BCUT2D eigenvalue weighted by Crippen LogP contribution is -2.54. The lowest BCUT2D eigenvalue weighted by molar-refractivity contribution is -0.139. The van der Waals surface area contributed by atoms with Crippen LogP contribution in [0.3, 0.4) is 0 Å². The normalized spacial score (nSPS) is 18.8. The first-order chi connectivity index (χ1) is 8.40. The van der Waals surface area contributed by atoms with E-state index in [4.69, 9.17) is 5.11 Å². The fraction of sp³-hybridized carbons (Fsp3) is 0.833. The number of aliphatic carboxylic acids is 1. The summed E-state index contributed by atoms with van der Waals surface area (Å²) in [5.74, 6) is -0.731. The van der Waals surface area contributed by atoms with Crippen molar-refractivity contribution in [1.29, 1.82) is 0 Å². The summed E-state index contributed by atoms with van der Waals surface area (Å²) in [5, 5.41) is 11.7. The molecule has 1 atom stereocenters. The van der Waals surface area contributed by atoms with Crippen molar-refractivity contribution < 1.29 is 14.7 Å². The predicted octanol–water partition coefficient (Wildman–Crippen LogP) is 0.443. The molecule has 0 spiro atoms. The van der Waals surface area contributed by atoms with Gasteiger partial charge in [0.15, 0.2) is 0 Å². The van der Waals surface area contributed by atoms with Gasteiger partial charge in [-0.3, -0.25) is 0 Å². The van der Waals surface area contributed by atoms with E-state index in [0.717, 1.165) is 13.1 Å². The van der Waals surface area contributed by atoms with Gasteiger partial charge in [0.05, 0.1) is 0 Å². The van der Waals surface area contributed by atoms with E-state index in [-0.39, 0.29) is 11.9 Å². The molecular weight excluding hydrogens is 234 g/mol. The maximum atomic E-state index is 11.9. The minimum atomic E-state index is -0.967. The van der Waals surface area contributed by atoms with Gasteiger partial charge in [-0.1, -0.05) is 13.8 Å². The van der Waals surface area contributed by atoms with Crippen molar-refractivity contribution in [3.05, 3.63) is 0 Å². The monoisotopic (exact) mass is 257 g/mol. The summed E-state index contributed by atoms with van der Waals surface area (Å²) in [6.45, 7) is 6.84. The molecule has 1 aliphatic heterocycles. The van der Waals surface area contributed by atoms with Crippen LogP contribution in [-0.2, 0) is 4.79 Å². The van der Waals surface area contributed by atoms with E-state index in [9.17, 15) is 9.59 Å². The second-order valence-corrected chi connectivity index (χ2v) is 5.26. The highest BCUT2D eigenvalue weighted by atomic mass is 16.4. The fourth-order valence-electron chi connectivity index (χ4n) is 1.94. The van der Waals surface area contributed by atoms with Gasteiger partial charge in [0.1, 0.15) is 6.04 Å². The van der Waals surface area contributed by atoms with Gasteiger partial charge >= 0.3 is 12.0 Å². The van der Waals surface area contributed by atoms with E-state index < -0.39 is 12.0 Å². The molecule has 1 saturated heterocycles. The van der Waals surface area contributed by atoms with E-state index in [0.29, 0.717) is 19.5 Å². The molecule has 1 heterocycles. The highest BCUT2D eigenvalue weighted by molar-refractivity contribution is 5.82. The molecule has 0 aromatic carbocycles. The zero-order chi connectivity index (χ0) is 13.7. The number of carbonyl (C=O) groups is 2. The van der Waals surface area contributed by atoms with Crippen LogP contribution in [0.5, 0.6) is 0 Å². The van der Waals surface area contributed by atoms with Crippen molar-refractivity contribution in [3.8, 4) is 0 Å². The minimum Gasteiger partial charge on any atom is -0.480 e. The number of likely N-dealkylation sites (N-methyl/N-ethyl adjacent to an activating group) is 1. The third-order valence-corrected chi connectivity index (χ3v) is 3.09. The lowest BCUT2D eigenvalue weighted by Gasteiger charge is -2.33. The Kier molecular flexibility index (Phi) is 5.40. The first kappa shape index (κ1) is 14.8. The van der Waals surface area contributed by atoms with Crippen LogP contribution in [0.15, 0.2) is 0 Å². The van der Waals surface area contributed by atoms with Crippen LogP contribution in [0.1, 0.15) is 20.3 Å². The van der Waals surface area contributed by atoms with Crippen molar-refractivity contribution >= 4 is 12.0 Å². The SMILES string of the molecule is CC(C)C[C@@H](NC(=O)N1CCN(C)CC1)C(=O)O. The highest BCUT2D eigenvalue weighted by Gasteiger charge is 2.25. The molecule has 18 heavy (non-hydrogen) atoms. The van der Waals surface area contributed by atoms with E-state index in [1.165, 1.54) is 0 Å². The molecule has 6 nitrogen and oxygen atoms in total. The van der Waals surface area contributed by atoms with E-state index >= 15 is 0 Å². The predicted molar refractivity (Wildman–Crippen MR) is 68.5 cm³/mol. The molecule has 0 bridgehead atoms. The molecule has 1 rings (SSSR count). The number of nitrogens with zero attached hydrogens (tertiary/aromatic N) is 2. The molecule has 0 aliphatic carbocycles. The van der Waals surface area contributed by atoms with Crippen molar-refractivity contribution in [1.82, 2.24) is 15.1 Å². The maximum absolute atomic E-state index is 11.9. The van der Waals surface area contributed by atoms with Crippen molar-refractivity contribution in [3.63, 3.8) is 0 Å². The Balaban J connectivity index is 2.48. The zero-order valence-corrected chi connectivity index (χ0v) is 11.3. The molecule has 104 valence electrons. The van der Waals surface area contributed by atoms with Crippen LogP contribution in [0.4, 0.5) is 4.79 Å². The Morgan fingerprint density at radius 2 is 1.78 bits per heavy atom. The topological polar surface area (TPSA) is 72.9 Å². The molecule has 0 aromatic rings. The molecule has 0 radical (unpaired) electrons. The summed E-state index contributed by atoms with van der Waals surface area (Å²) in [7, 11) is 2.01. The maximum Gasteiger partial charge on any atom is 0.326 e. The molecule has 6 heteroatoms. The standard InChI is InChI=1S/C12H23N3O3/c1-9(2)8-10(11(16)17)13-12(18)15-6-4-14(3)5-7-15/h9-10H,4-8H2,1-3H3,(H,13,18)(H,16,17)/t10-/m1/s1. The van der Waals surface area contributed by atoms with Gasteiger partial charge in [-0.15, -0.1) is 0 Å².